The van der Waals surface area contributed by atoms with Gasteiger partial charge in [0, 0.05) is 19.0 Å². The number of rotatable bonds is 1. The van der Waals surface area contributed by atoms with E-state index in [0.717, 1.165) is 32.4 Å². The number of Topliss-reactive ketones (excluding diaryl/α,β-unsaturated/α-hetero) is 1. The molecule has 2 aliphatic rings. The third-order valence-corrected chi connectivity index (χ3v) is 4.09. The zero-order valence-electron chi connectivity index (χ0n) is 11.8. The van der Waals surface area contributed by atoms with Crippen LogP contribution in [-0.4, -0.2) is 35.5 Å². The van der Waals surface area contributed by atoms with Crippen LogP contribution < -0.4 is 0 Å². The second kappa shape index (κ2) is 4.25. The van der Waals surface area contributed by atoms with Crippen LogP contribution in [0.1, 0.15) is 47.0 Å². The van der Waals surface area contributed by atoms with Gasteiger partial charge < -0.3 is 9.64 Å². The van der Waals surface area contributed by atoms with Gasteiger partial charge in [-0.2, -0.15) is 0 Å². The number of amides is 1. The Balaban J connectivity index is 1.85. The molecule has 1 amide bonds. The minimum absolute atomic E-state index is 0.213. The van der Waals surface area contributed by atoms with Crippen LogP contribution in [0.25, 0.3) is 0 Å². The zero-order chi connectivity index (χ0) is 13.6. The van der Waals surface area contributed by atoms with E-state index in [0.29, 0.717) is 5.78 Å². The quantitative estimate of drug-likeness (QED) is 0.721. The lowest BCUT2D eigenvalue weighted by atomic mass is 9.90. The maximum absolute atomic E-state index is 11.9. The van der Waals surface area contributed by atoms with Gasteiger partial charge in [-0.25, -0.2) is 4.79 Å². The molecule has 1 aliphatic carbocycles. The predicted molar refractivity (Wildman–Crippen MR) is 68.3 cm³/mol. The molecule has 4 nitrogen and oxygen atoms in total. The Kier molecular flexibility index (Phi) is 3.16. The molecule has 1 aliphatic heterocycles. The number of hydrogen-bond acceptors (Lipinski definition) is 3. The third kappa shape index (κ3) is 2.68. The van der Waals surface area contributed by atoms with Gasteiger partial charge in [-0.1, -0.05) is 0 Å². The first kappa shape index (κ1) is 13.4. The number of likely N-dealkylation sites (tertiary alicyclic amines) is 1. The highest BCUT2D eigenvalue weighted by Gasteiger charge is 2.57. The standard InChI is InChI=1S/C14H23NO3/c1-10(16)11-9-14(11)5-7-15(8-6-14)12(17)18-13(2,3)4/h11H,5-9H2,1-4H3/t11-/m1/s1. The van der Waals surface area contributed by atoms with Gasteiger partial charge in [0.2, 0.25) is 0 Å². The Labute approximate surface area is 109 Å². The summed E-state index contributed by atoms with van der Waals surface area (Å²) in [6.45, 7) is 8.76. The van der Waals surface area contributed by atoms with E-state index in [4.69, 9.17) is 4.74 Å². The summed E-state index contributed by atoms with van der Waals surface area (Å²) in [6.07, 6.45) is 2.68. The molecule has 1 saturated heterocycles. The average Bonchev–Trinajstić information content (AvgIpc) is 2.91. The van der Waals surface area contributed by atoms with Crippen molar-refractivity contribution in [2.45, 2.75) is 52.6 Å². The summed E-state index contributed by atoms with van der Waals surface area (Å²) < 4.78 is 5.36. The lowest BCUT2D eigenvalue weighted by molar-refractivity contribution is -0.119. The van der Waals surface area contributed by atoms with Crippen molar-refractivity contribution in [2.24, 2.45) is 11.3 Å². The van der Waals surface area contributed by atoms with Gasteiger partial charge in [0.1, 0.15) is 11.4 Å². The Morgan fingerprint density at radius 3 is 2.17 bits per heavy atom. The fourth-order valence-electron chi connectivity index (χ4n) is 2.94. The molecule has 0 radical (unpaired) electrons. The Hall–Kier alpha value is -1.06. The van der Waals surface area contributed by atoms with Gasteiger partial charge in [0.05, 0.1) is 0 Å². The van der Waals surface area contributed by atoms with Crippen molar-refractivity contribution >= 4 is 11.9 Å². The van der Waals surface area contributed by atoms with Crippen LogP contribution in [0.5, 0.6) is 0 Å². The summed E-state index contributed by atoms with van der Waals surface area (Å²) in [5.74, 6) is 0.555. The van der Waals surface area contributed by atoms with E-state index in [2.05, 4.69) is 0 Å². The van der Waals surface area contributed by atoms with Crippen LogP contribution in [0.4, 0.5) is 4.79 Å². The van der Waals surface area contributed by atoms with Gasteiger partial charge in [0.15, 0.2) is 0 Å². The normalized spacial score (nSPS) is 26.0. The van der Waals surface area contributed by atoms with E-state index in [1.807, 2.05) is 20.8 Å². The molecule has 4 heteroatoms. The SMILES string of the molecule is CC(=O)[C@H]1CC12CCN(C(=O)OC(C)(C)C)CC2. The van der Waals surface area contributed by atoms with Crippen LogP contribution >= 0.6 is 0 Å². The van der Waals surface area contributed by atoms with Gasteiger partial charge >= 0.3 is 6.09 Å². The number of carbonyl (C=O) groups is 2. The minimum atomic E-state index is -0.437. The van der Waals surface area contributed by atoms with Crippen molar-refractivity contribution in [2.75, 3.05) is 13.1 Å². The highest BCUT2D eigenvalue weighted by molar-refractivity contribution is 5.82. The molecule has 0 aromatic heterocycles. The summed E-state index contributed by atoms with van der Waals surface area (Å²) in [6, 6.07) is 0. The van der Waals surface area contributed by atoms with E-state index in [9.17, 15) is 9.59 Å². The number of carbonyl (C=O) groups excluding carboxylic acids is 2. The molecule has 0 aromatic rings. The molecule has 1 spiro atoms. The summed E-state index contributed by atoms with van der Waals surface area (Å²) in [7, 11) is 0. The van der Waals surface area contributed by atoms with Crippen molar-refractivity contribution in [3.8, 4) is 0 Å². The molecule has 1 heterocycles. The average molecular weight is 253 g/mol. The first-order valence-electron chi connectivity index (χ1n) is 6.72. The fraction of sp³-hybridized carbons (Fsp3) is 0.857. The molecule has 1 saturated carbocycles. The summed E-state index contributed by atoms with van der Waals surface area (Å²) >= 11 is 0. The summed E-state index contributed by atoms with van der Waals surface area (Å²) in [5.41, 5.74) is -0.224. The van der Waals surface area contributed by atoms with E-state index >= 15 is 0 Å². The van der Waals surface area contributed by atoms with E-state index in [1.54, 1.807) is 11.8 Å². The molecular weight excluding hydrogens is 230 g/mol. The molecule has 102 valence electrons. The zero-order valence-corrected chi connectivity index (χ0v) is 11.8. The van der Waals surface area contributed by atoms with Crippen LogP contribution in [0, 0.1) is 11.3 Å². The molecule has 0 unspecified atom stereocenters. The van der Waals surface area contributed by atoms with Gasteiger partial charge in [-0.3, -0.25) is 4.79 Å². The Morgan fingerprint density at radius 1 is 1.22 bits per heavy atom. The maximum Gasteiger partial charge on any atom is 0.410 e. The predicted octanol–water partition coefficient (Wildman–Crippen LogP) is 2.61. The van der Waals surface area contributed by atoms with Crippen molar-refractivity contribution in [1.29, 1.82) is 0 Å². The molecule has 0 bridgehead atoms. The van der Waals surface area contributed by atoms with E-state index in [-0.39, 0.29) is 17.4 Å². The monoisotopic (exact) mass is 253 g/mol. The largest absolute Gasteiger partial charge is 0.444 e. The minimum Gasteiger partial charge on any atom is -0.444 e. The van der Waals surface area contributed by atoms with Crippen molar-refractivity contribution in [3.05, 3.63) is 0 Å². The number of piperidine rings is 1. The van der Waals surface area contributed by atoms with Crippen molar-refractivity contribution in [1.82, 2.24) is 4.90 Å². The smallest absolute Gasteiger partial charge is 0.410 e. The Morgan fingerprint density at radius 2 is 1.78 bits per heavy atom. The van der Waals surface area contributed by atoms with Crippen molar-refractivity contribution < 1.29 is 14.3 Å². The summed E-state index contributed by atoms with van der Waals surface area (Å²) in [5, 5.41) is 0. The first-order valence-corrected chi connectivity index (χ1v) is 6.72. The second-order valence-electron chi connectivity index (χ2n) is 6.70. The molecule has 1 atom stereocenters. The lowest BCUT2D eigenvalue weighted by Crippen LogP contribution is -2.42. The molecule has 0 N–H and O–H groups in total. The van der Waals surface area contributed by atoms with Gasteiger partial charge in [-0.15, -0.1) is 0 Å². The number of hydrogen-bond donors (Lipinski definition) is 0. The molecule has 2 fully saturated rings. The van der Waals surface area contributed by atoms with Crippen molar-refractivity contribution in [3.63, 3.8) is 0 Å². The van der Waals surface area contributed by atoms with E-state index in [1.165, 1.54) is 0 Å². The Bertz CT molecular complexity index is 362. The van der Waals surface area contributed by atoms with Crippen LogP contribution in [0.3, 0.4) is 0 Å². The van der Waals surface area contributed by atoms with Crippen LogP contribution in [0.15, 0.2) is 0 Å². The highest BCUT2D eigenvalue weighted by Crippen LogP contribution is 2.59. The van der Waals surface area contributed by atoms with Gasteiger partial charge in [0.25, 0.3) is 0 Å². The summed E-state index contributed by atoms with van der Waals surface area (Å²) in [4.78, 5) is 25.0. The van der Waals surface area contributed by atoms with Crippen LogP contribution in [0.2, 0.25) is 0 Å². The molecule has 18 heavy (non-hydrogen) atoms. The first-order chi connectivity index (χ1) is 8.23. The number of nitrogens with zero attached hydrogens (tertiary/aromatic N) is 1. The maximum atomic E-state index is 11.9. The third-order valence-electron chi connectivity index (χ3n) is 4.09. The van der Waals surface area contributed by atoms with Gasteiger partial charge in [-0.05, 0) is 52.4 Å². The molecule has 2 rings (SSSR count). The second-order valence-corrected chi connectivity index (χ2v) is 6.70. The fourth-order valence-corrected chi connectivity index (χ4v) is 2.94. The highest BCUT2D eigenvalue weighted by atomic mass is 16.6. The number of ketones is 1. The lowest BCUT2D eigenvalue weighted by Gasteiger charge is -2.34. The van der Waals surface area contributed by atoms with E-state index < -0.39 is 5.60 Å². The topological polar surface area (TPSA) is 46.6 Å². The van der Waals surface area contributed by atoms with Crippen LogP contribution in [-0.2, 0) is 9.53 Å². The molecular formula is C14H23NO3. The number of ether oxygens (including phenoxy) is 1. The molecule has 0 aromatic carbocycles.